The first-order chi connectivity index (χ1) is 7.43. The Kier molecular flexibility index (Phi) is 2.27. The molecule has 16 heavy (non-hydrogen) atoms. The van der Waals surface area contributed by atoms with E-state index in [1.54, 1.807) is 0 Å². The SMILES string of the molecule is CC1(C)CC(=O)C2=C(C1)OC(N)=C(C#N)C2. The van der Waals surface area contributed by atoms with Crippen LogP contribution in [-0.2, 0) is 9.53 Å². The molecule has 84 valence electrons. The normalized spacial score (nSPS) is 23.7. The van der Waals surface area contributed by atoms with Crippen molar-refractivity contribution in [3.05, 3.63) is 22.8 Å². The van der Waals surface area contributed by atoms with E-state index in [-0.39, 0.29) is 17.1 Å². The summed E-state index contributed by atoms with van der Waals surface area (Å²) in [4.78, 5) is 11.9. The minimum Gasteiger partial charge on any atom is -0.444 e. The summed E-state index contributed by atoms with van der Waals surface area (Å²) in [7, 11) is 0. The maximum absolute atomic E-state index is 11.9. The van der Waals surface area contributed by atoms with Crippen molar-refractivity contribution in [2.45, 2.75) is 33.1 Å². The number of nitrogens with zero attached hydrogens (tertiary/aromatic N) is 1. The predicted molar refractivity (Wildman–Crippen MR) is 57.6 cm³/mol. The highest BCUT2D eigenvalue weighted by molar-refractivity contribution is 5.98. The van der Waals surface area contributed by atoms with Crippen LogP contribution in [-0.4, -0.2) is 5.78 Å². The van der Waals surface area contributed by atoms with E-state index in [2.05, 4.69) is 0 Å². The number of Topliss-reactive ketones (excluding diaryl/α,β-unsaturated/α-hetero) is 1. The molecule has 0 aromatic carbocycles. The number of hydrogen-bond donors (Lipinski definition) is 1. The maximum atomic E-state index is 11.9. The van der Waals surface area contributed by atoms with Gasteiger partial charge < -0.3 is 10.5 Å². The zero-order valence-corrected chi connectivity index (χ0v) is 9.46. The molecule has 0 fully saturated rings. The molecule has 0 aromatic heterocycles. The lowest BCUT2D eigenvalue weighted by atomic mass is 9.75. The van der Waals surface area contributed by atoms with Crippen LogP contribution < -0.4 is 5.73 Å². The molecule has 0 aromatic rings. The number of carbonyl (C=O) groups is 1. The number of ether oxygens (including phenoxy) is 1. The number of hydrogen-bond acceptors (Lipinski definition) is 4. The van der Waals surface area contributed by atoms with Gasteiger partial charge >= 0.3 is 0 Å². The average molecular weight is 218 g/mol. The van der Waals surface area contributed by atoms with Gasteiger partial charge in [0, 0.05) is 24.8 Å². The Morgan fingerprint density at radius 2 is 2.12 bits per heavy atom. The average Bonchev–Trinajstić information content (AvgIpc) is 2.14. The van der Waals surface area contributed by atoms with Gasteiger partial charge in [-0.2, -0.15) is 5.26 Å². The van der Waals surface area contributed by atoms with Crippen molar-refractivity contribution in [2.24, 2.45) is 11.1 Å². The van der Waals surface area contributed by atoms with Gasteiger partial charge in [0.15, 0.2) is 5.78 Å². The molecule has 0 amide bonds. The topological polar surface area (TPSA) is 76.1 Å². The third kappa shape index (κ3) is 1.69. The minimum atomic E-state index is -0.0830. The third-order valence-corrected chi connectivity index (χ3v) is 2.97. The molecule has 4 heteroatoms. The summed E-state index contributed by atoms with van der Waals surface area (Å²) in [6.07, 6.45) is 1.54. The van der Waals surface area contributed by atoms with Gasteiger partial charge in [0.1, 0.15) is 11.8 Å². The number of nitriles is 1. The summed E-state index contributed by atoms with van der Waals surface area (Å²) in [6.45, 7) is 4.05. The summed E-state index contributed by atoms with van der Waals surface area (Å²) >= 11 is 0. The quantitative estimate of drug-likeness (QED) is 0.672. The molecule has 0 spiro atoms. The molecule has 1 aliphatic carbocycles. The molecule has 4 nitrogen and oxygen atoms in total. The molecule has 0 bridgehead atoms. The lowest BCUT2D eigenvalue weighted by Crippen LogP contribution is -2.29. The van der Waals surface area contributed by atoms with Gasteiger partial charge in [-0.05, 0) is 5.41 Å². The van der Waals surface area contributed by atoms with Crippen LogP contribution in [0.25, 0.3) is 0 Å². The van der Waals surface area contributed by atoms with Crippen LogP contribution in [0.1, 0.15) is 33.1 Å². The summed E-state index contributed by atoms with van der Waals surface area (Å²) in [5.41, 5.74) is 6.52. The Morgan fingerprint density at radius 3 is 2.75 bits per heavy atom. The van der Waals surface area contributed by atoms with Crippen molar-refractivity contribution in [3.63, 3.8) is 0 Å². The minimum absolute atomic E-state index is 0.0755. The summed E-state index contributed by atoms with van der Waals surface area (Å²) < 4.78 is 5.39. The van der Waals surface area contributed by atoms with Crippen molar-refractivity contribution in [1.82, 2.24) is 0 Å². The van der Waals surface area contributed by atoms with Crippen molar-refractivity contribution in [1.29, 1.82) is 5.26 Å². The molecule has 0 saturated heterocycles. The van der Waals surface area contributed by atoms with E-state index in [9.17, 15) is 4.79 Å². The first-order valence-electron chi connectivity index (χ1n) is 5.25. The first-order valence-corrected chi connectivity index (χ1v) is 5.25. The van der Waals surface area contributed by atoms with E-state index >= 15 is 0 Å². The highest BCUT2D eigenvalue weighted by atomic mass is 16.5. The second-order valence-corrected chi connectivity index (χ2v) is 5.08. The van der Waals surface area contributed by atoms with E-state index in [0.29, 0.717) is 36.2 Å². The smallest absolute Gasteiger partial charge is 0.204 e. The predicted octanol–water partition coefficient (Wildman–Crippen LogP) is 1.74. The summed E-state index contributed by atoms with van der Waals surface area (Å²) in [5.74, 6) is 0.871. The highest BCUT2D eigenvalue weighted by Crippen LogP contribution is 2.41. The van der Waals surface area contributed by atoms with Crippen LogP contribution in [0.2, 0.25) is 0 Å². The molecular weight excluding hydrogens is 204 g/mol. The molecule has 1 aliphatic heterocycles. The van der Waals surface area contributed by atoms with Crippen molar-refractivity contribution >= 4 is 5.78 Å². The molecule has 2 N–H and O–H groups in total. The molecule has 2 rings (SSSR count). The fraction of sp³-hybridized carbons (Fsp3) is 0.500. The van der Waals surface area contributed by atoms with E-state index < -0.39 is 0 Å². The Hall–Kier alpha value is -1.76. The van der Waals surface area contributed by atoms with Crippen LogP contribution >= 0.6 is 0 Å². The molecule has 0 atom stereocenters. The van der Waals surface area contributed by atoms with Crippen LogP contribution in [0.3, 0.4) is 0 Å². The molecule has 1 heterocycles. The fourth-order valence-electron chi connectivity index (χ4n) is 2.15. The second kappa shape index (κ2) is 3.38. The van der Waals surface area contributed by atoms with E-state index in [1.807, 2.05) is 19.9 Å². The second-order valence-electron chi connectivity index (χ2n) is 5.08. The molecule has 0 radical (unpaired) electrons. The Labute approximate surface area is 94.4 Å². The number of nitrogens with two attached hydrogens (primary N) is 1. The Balaban J connectivity index is 2.35. The van der Waals surface area contributed by atoms with Gasteiger partial charge in [-0.1, -0.05) is 13.8 Å². The zero-order valence-electron chi connectivity index (χ0n) is 9.46. The maximum Gasteiger partial charge on any atom is 0.204 e. The standard InChI is InChI=1S/C12H14N2O2/c1-12(2)4-9(15)8-3-7(6-13)11(14)16-10(8)5-12/h3-5,14H2,1-2H3. The zero-order chi connectivity index (χ0) is 11.9. The fourth-order valence-corrected chi connectivity index (χ4v) is 2.15. The monoisotopic (exact) mass is 218 g/mol. The van der Waals surface area contributed by atoms with Crippen LogP contribution in [0.5, 0.6) is 0 Å². The lowest BCUT2D eigenvalue weighted by Gasteiger charge is -2.33. The van der Waals surface area contributed by atoms with Gasteiger partial charge in [-0.3, -0.25) is 4.79 Å². The van der Waals surface area contributed by atoms with Crippen LogP contribution in [0, 0.1) is 16.7 Å². The van der Waals surface area contributed by atoms with Gasteiger partial charge in [-0.15, -0.1) is 0 Å². The van der Waals surface area contributed by atoms with Gasteiger partial charge in [-0.25, -0.2) is 0 Å². The molecule has 2 aliphatic rings. The summed E-state index contributed by atoms with van der Waals surface area (Å²) in [5, 5.41) is 8.84. The van der Waals surface area contributed by atoms with Gasteiger partial charge in [0.25, 0.3) is 0 Å². The number of rotatable bonds is 0. The van der Waals surface area contributed by atoms with Crippen molar-refractivity contribution in [2.75, 3.05) is 0 Å². The number of carbonyl (C=O) groups excluding carboxylic acids is 1. The van der Waals surface area contributed by atoms with Crippen molar-refractivity contribution < 1.29 is 9.53 Å². The highest BCUT2D eigenvalue weighted by Gasteiger charge is 2.36. The molecular formula is C12H14N2O2. The van der Waals surface area contributed by atoms with E-state index in [4.69, 9.17) is 15.7 Å². The van der Waals surface area contributed by atoms with Crippen LogP contribution in [0.15, 0.2) is 22.8 Å². The van der Waals surface area contributed by atoms with E-state index in [0.717, 1.165) is 0 Å². The Bertz CT molecular complexity index is 464. The molecule has 0 saturated carbocycles. The number of allylic oxidation sites excluding steroid dienone is 3. The molecule has 0 unspecified atom stereocenters. The van der Waals surface area contributed by atoms with Gasteiger partial charge in [0.05, 0.1) is 5.57 Å². The van der Waals surface area contributed by atoms with Crippen LogP contribution in [0.4, 0.5) is 0 Å². The van der Waals surface area contributed by atoms with E-state index in [1.165, 1.54) is 0 Å². The lowest BCUT2D eigenvalue weighted by molar-refractivity contribution is -0.118. The van der Waals surface area contributed by atoms with Crippen molar-refractivity contribution in [3.8, 4) is 6.07 Å². The first kappa shape index (κ1) is 10.7. The Morgan fingerprint density at radius 1 is 1.44 bits per heavy atom. The number of ketones is 1. The third-order valence-electron chi connectivity index (χ3n) is 2.97. The van der Waals surface area contributed by atoms with Gasteiger partial charge in [0.2, 0.25) is 5.88 Å². The largest absolute Gasteiger partial charge is 0.444 e. The summed E-state index contributed by atoms with van der Waals surface area (Å²) in [6, 6.07) is 1.97.